The molecule has 0 spiro atoms. The first-order valence-corrected chi connectivity index (χ1v) is 10.9. The number of nitrogens with one attached hydrogen (secondary N) is 2. The van der Waals surface area contributed by atoms with E-state index in [-0.39, 0.29) is 17.9 Å². The average Bonchev–Trinajstić information content (AvgIpc) is 3.30. The summed E-state index contributed by atoms with van der Waals surface area (Å²) in [5, 5.41) is 6.78. The van der Waals surface area contributed by atoms with Crippen molar-refractivity contribution in [3.8, 4) is 0 Å². The third kappa shape index (κ3) is 4.47. The second kappa shape index (κ2) is 9.19. The zero-order valence-electron chi connectivity index (χ0n) is 18.1. The molecule has 2 N–H and O–H groups in total. The number of nitrogens with zero attached hydrogens (tertiary/aromatic N) is 2. The number of benzene rings is 2. The molecule has 6 heteroatoms. The fourth-order valence-corrected chi connectivity index (χ4v) is 4.33. The highest BCUT2D eigenvalue weighted by molar-refractivity contribution is 6.12. The van der Waals surface area contributed by atoms with Crippen molar-refractivity contribution in [3.63, 3.8) is 0 Å². The molecule has 0 bridgehead atoms. The zero-order chi connectivity index (χ0) is 22.6. The number of anilines is 1. The fraction of sp³-hybridized carbons (Fsp3) is 0.308. The van der Waals surface area contributed by atoms with Gasteiger partial charge in [-0.15, -0.1) is 0 Å². The largest absolute Gasteiger partial charge is 0.346 e. The first-order chi connectivity index (χ1) is 15.5. The second-order valence-corrected chi connectivity index (χ2v) is 8.46. The Morgan fingerprint density at radius 1 is 1.09 bits per heavy atom. The average molecular weight is 427 g/mol. The van der Waals surface area contributed by atoms with Crippen LogP contribution in [0.15, 0.2) is 60.8 Å². The molecule has 1 atom stereocenters. The molecule has 4 rings (SSSR count). The number of carbonyl (C=O) groups excluding carboxylic acids is 2. The van der Waals surface area contributed by atoms with Crippen LogP contribution in [0.25, 0.3) is 15.7 Å². The quantitative estimate of drug-likeness (QED) is 0.558. The summed E-state index contributed by atoms with van der Waals surface area (Å²) in [6.07, 6.45) is 5.47. The molecule has 2 amide bonds. The fourth-order valence-electron chi connectivity index (χ4n) is 4.33. The summed E-state index contributed by atoms with van der Waals surface area (Å²) in [7, 11) is 0. The Labute approximate surface area is 187 Å². The maximum atomic E-state index is 12.8. The number of pyridine rings is 1. The van der Waals surface area contributed by atoms with E-state index in [4.69, 9.17) is 6.57 Å². The maximum Gasteiger partial charge on any atom is 0.308 e. The van der Waals surface area contributed by atoms with Gasteiger partial charge in [0.1, 0.15) is 0 Å². The molecule has 3 aromatic rings. The maximum absolute atomic E-state index is 12.8. The van der Waals surface area contributed by atoms with E-state index >= 15 is 0 Å². The number of aromatic nitrogens is 1. The van der Waals surface area contributed by atoms with Crippen molar-refractivity contribution < 1.29 is 9.59 Å². The highest BCUT2D eigenvalue weighted by Crippen LogP contribution is 2.33. The van der Waals surface area contributed by atoms with Crippen LogP contribution in [0.3, 0.4) is 0 Å². The van der Waals surface area contributed by atoms with Gasteiger partial charge in [0.2, 0.25) is 0 Å². The van der Waals surface area contributed by atoms with E-state index in [1.54, 1.807) is 12.3 Å². The Morgan fingerprint density at radius 2 is 1.81 bits per heavy atom. The molecule has 162 valence electrons. The Kier molecular flexibility index (Phi) is 6.18. The van der Waals surface area contributed by atoms with E-state index in [1.165, 1.54) is 0 Å². The van der Waals surface area contributed by atoms with Gasteiger partial charge in [-0.1, -0.05) is 30.3 Å². The summed E-state index contributed by atoms with van der Waals surface area (Å²) >= 11 is 0. The van der Waals surface area contributed by atoms with Crippen LogP contribution in [0.5, 0.6) is 0 Å². The van der Waals surface area contributed by atoms with Crippen LogP contribution in [-0.4, -0.2) is 28.4 Å². The lowest BCUT2D eigenvalue weighted by atomic mass is 9.96. The van der Waals surface area contributed by atoms with Crippen molar-refractivity contribution in [1.82, 2.24) is 10.3 Å². The Morgan fingerprint density at radius 3 is 2.53 bits per heavy atom. The highest BCUT2D eigenvalue weighted by Gasteiger charge is 2.48. The Balaban J connectivity index is 1.37. The van der Waals surface area contributed by atoms with Crippen molar-refractivity contribution in [1.29, 1.82) is 0 Å². The summed E-state index contributed by atoms with van der Waals surface area (Å²) in [4.78, 5) is 33.4. The lowest BCUT2D eigenvalue weighted by molar-refractivity contribution is -0.125. The van der Waals surface area contributed by atoms with Crippen LogP contribution >= 0.6 is 0 Å². The standard InChI is InChI=1S/C26H26N4O2/c1-18(29-25(32)26(27-2)14-5-6-15-26)17-19-9-11-20(12-10-19)30-24(31)22-13-16-28-23-8-4-3-7-21(22)23/h3-4,7-13,16,18H,5-6,14-15,17H2,1H3,(H,29,32)(H,30,31). The van der Waals surface area contributed by atoms with Crippen molar-refractivity contribution >= 4 is 28.4 Å². The molecule has 1 heterocycles. The van der Waals surface area contributed by atoms with Gasteiger partial charge in [0, 0.05) is 36.2 Å². The minimum atomic E-state index is -0.875. The van der Waals surface area contributed by atoms with Crippen LogP contribution < -0.4 is 10.6 Å². The number of hydrogen-bond acceptors (Lipinski definition) is 3. The summed E-state index contributed by atoms with van der Waals surface area (Å²) in [5.74, 6) is -0.330. The summed E-state index contributed by atoms with van der Waals surface area (Å²) in [6.45, 7) is 9.41. The molecule has 0 radical (unpaired) electrons. The smallest absolute Gasteiger partial charge is 0.308 e. The minimum Gasteiger partial charge on any atom is -0.346 e. The number of amides is 2. The predicted molar refractivity (Wildman–Crippen MR) is 125 cm³/mol. The van der Waals surface area contributed by atoms with Crippen LogP contribution in [0.4, 0.5) is 5.69 Å². The van der Waals surface area contributed by atoms with Gasteiger partial charge in [-0.3, -0.25) is 19.4 Å². The van der Waals surface area contributed by atoms with Crippen LogP contribution in [0.2, 0.25) is 0 Å². The second-order valence-electron chi connectivity index (χ2n) is 8.46. The molecule has 1 aliphatic carbocycles. The van der Waals surface area contributed by atoms with E-state index in [0.29, 0.717) is 30.5 Å². The Hall–Kier alpha value is -3.72. The normalized spacial score (nSPS) is 15.6. The van der Waals surface area contributed by atoms with E-state index < -0.39 is 5.54 Å². The first-order valence-electron chi connectivity index (χ1n) is 10.9. The van der Waals surface area contributed by atoms with Gasteiger partial charge in [0.15, 0.2) is 0 Å². The zero-order valence-corrected chi connectivity index (χ0v) is 18.1. The molecular weight excluding hydrogens is 400 g/mol. The van der Waals surface area contributed by atoms with Gasteiger partial charge in [-0.25, -0.2) is 6.57 Å². The lowest BCUT2D eigenvalue weighted by Gasteiger charge is -2.19. The topological polar surface area (TPSA) is 75.5 Å². The number of para-hydroxylation sites is 1. The van der Waals surface area contributed by atoms with Crippen LogP contribution in [0.1, 0.15) is 48.5 Å². The van der Waals surface area contributed by atoms with Crippen molar-refractivity contribution in [2.45, 2.75) is 50.6 Å². The molecule has 1 aromatic heterocycles. The number of hydrogen-bond donors (Lipinski definition) is 2. The van der Waals surface area contributed by atoms with Crippen LogP contribution in [-0.2, 0) is 11.2 Å². The summed E-state index contributed by atoms with van der Waals surface area (Å²) in [6, 6.07) is 16.8. The predicted octanol–water partition coefficient (Wildman–Crippen LogP) is 4.77. The number of carbonyl (C=O) groups is 2. The highest BCUT2D eigenvalue weighted by atomic mass is 16.2. The van der Waals surface area contributed by atoms with Crippen LogP contribution in [0, 0.1) is 6.57 Å². The monoisotopic (exact) mass is 426 g/mol. The third-order valence-electron chi connectivity index (χ3n) is 6.09. The van der Waals surface area contributed by atoms with Gasteiger partial charge >= 0.3 is 11.4 Å². The minimum absolute atomic E-state index is 0.0784. The number of fused-ring (bicyclic) bond motifs is 1. The summed E-state index contributed by atoms with van der Waals surface area (Å²) in [5.41, 5.74) is 2.24. The molecule has 1 saturated carbocycles. The molecule has 1 fully saturated rings. The molecule has 1 unspecified atom stereocenters. The van der Waals surface area contributed by atoms with Gasteiger partial charge in [0.05, 0.1) is 11.1 Å². The van der Waals surface area contributed by atoms with E-state index in [0.717, 1.165) is 29.3 Å². The van der Waals surface area contributed by atoms with Gasteiger partial charge in [-0.05, 0) is 56.0 Å². The molecule has 2 aromatic carbocycles. The first kappa shape index (κ1) is 21.5. The molecule has 1 aliphatic rings. The molecule has 0 aliphatic heterocycles. The molecular formula is C26H26N4O2. The van der Waals surface area contributed by atoms with Gasteiger partial charge in [0.25, 0.3) is 5.91 Å². The SMILES string of the molecule is [C-]#[N+]C1(C(=O)NC(C)Cc2ccc(NC(=O)c3ccnc4ccccc34)cc2)CCCC1. The van der Waals surface area contributed by atoms with Crippen molar-refractivity contribution in [2.75, 3.05) is 5.32 Å². The molecule has 0 saturated heterocycles. The molecule has 6 nitrogen and oxygen atoms in total. The van der Waals surface area contributed by atoms with Gasteiger partial charge < -0.3 is 10.6 Å². The van der Waals surface area contributed by atoms with E-state index in [1.807, 2.05) is 55.5 Å². The van der Waals surface area contributed by atoms with E-state index in [9.17, 15) is 9.59 Å². The molecule has 32 heavy (non-hydrogen) atoms. The third-order valence-corrected chi connectivity index (χ3v) is 6.09. The summed E-state index contributed by atoms with van der Waals surface area (Å²) < 4.78 is 0. The number of rotatable bonds is 6. The Bertz CT molecular complexity index is 1170. The van der Waals surface area contributed by atoms with Gasteiger partial charge in [-0.2, -0.15) is 0 Å². The lowest BCUT2D eigenvalue weighted by Crippen LogP contribution is -2.46. The van der Waals surface area contributed by atoms with Crippen molar-refractivity contribution in [3.05, 3.63) is 83.3 Å². The van der Waals surface area contributed by atoms with Crippen molar-refractivity contribution in [2.24, 2.45) is 0 Å². The van der Waals surface area contributed by atoms with E-state index in [2.05, 4.69) is 20.5 Å².